The lowest BCUT2D eigenvalue weighted by molar-refractivity contribution is -0.142. The van der Waals surface area contributed by atoms with Gasteiger partial charge in [0.25, 0.3) is 0 Å². The maximum atomic E-state index is 10.9. The number of nitrogens with one attached hydrogen (secondary N) is 1. The molecule has 0 saturated carbocycles. The number of rotatable bonds is 3. The minimum Gasteiger partial charge on any atom is -0.480 e. The van der Waals surface area contributed by atoms with Gasteiger partial charge in [0.15, 0.2) is 0 Å². The van der Waals surface area contributed by atoms with E-state index in [1.807, 2.05) is 0 Å². The first-order chi connectivity index (χ1) is 8.56. The lowest BCUT2D eigenvalue weighted by atomic mass is 9.94. The van der Waals surface area contributed by atoms with Crippen molar-refractivity contribution in [2.45, 2.75) is 39.2 Å². The molecule has 1 aliphatic heterocycles. The van der Waals surface area contributed by atoms with Gasteiger partial charge in [-0.05, 0) is 12.8 Å². The molecule has 2 atom stereocenters. The summed E-state index contributed by atoms with van der Waals surface area (Å²) in [6, 6.07) is -0.933. The average molecular weight is 261 g/mol. The molecular weight excluding hydrogens is 238 g/mol. The van der Waals surface area contributed by atoms with E-state index in [0.717, 1.165) is 12.8 Å². The van der Waals surface area contributed by atoms with Crippen LogP contribution in [0.25, 0.3) is 0 Å². The molecule has 1 amide bonds. The zero-order valence-corrected chi connectivity index (χ0v) is 11.3. The first-order valence-corrected chi connectivity index (χ1v) is 6.21. The number of amides is 1. The van der Waals surface area contributed by atoms with Crippen LogP contribution in [0, 0.1) is 5.92 Å². The molecule has 0 radical (unpaired) electrons. The molecule has 18 heavy (non-hydrogen) atoms. The van der Waals surface area contributed by atoms with Gasteiger partial charge in [-0.1, -0.05) is 20.3 Å². The molecule has 1 saturated heterocycles. The number of carbonyl (C=O) groups excluding carboxylic acids is 1. The second-order valence-electron chi connectivity index (χ2n) is 4.14. The molecule has 6 heteroatoms. The normalized spacial score (nSPS) is 20.1. The van der Waals surface area contributed by atoms with Crippen LogP contribution in [-0.2, 0) is 14.3 Å². The molecule has 1 rings (SSSR count). The average Bonchev–Trinajstić information content (AvgIpc) is 2.37. The number of aliphatic carboxylic acids is 1. The molecule has 1 aliphatic rings. The molecule has 6 nitrogen and oxygen atoms in total. The molecule has 0 aliphatic carbocycles. The highest BCUT2D eigenvalue weighted by molar-refractivity contribution is 5.80. The number of carboxylic acids is 1. The monoisotopic (exact) mass is 261 g/mol. The van der Waals surface area contributed by atoms with Gasteiger partial charge in [-0.3, -0.25) is 0 Å². The number of ether oxygens (including phenoxy) is 2. The summed E-state index contributed by atoms with van der Waals surface area (Å²) in [6.45, 7) is 5.27. The van der Waals surface area contributed by atoms with E-state index in [-0.39, 0.29) is 5.92 Å². The Morgan fingerprint density at radius 2 is 2.11 bits per heavy atom. The molecule has 0 spiro atoms. The van der Waals surface area contributed by atoms with E-state index in [4.69, 9.17) is 9.84 Å². The number of carboxylic acid groups (broad SMARTS) is 1. The summed E-state index contributed by atoms with van der Waals surface area (Å²) in [4.78, 5) is 21.9. The Balaban J connectivity index is 0.000000873. The Bertz CT molecular complexity index is 251. The maximum Gasteiger partial charge on any atom is 0.407 e. The van der Waals surface area contributed by atoms with Gasteiger partial charge in [0, 0.05) is 12.5 Å². The standard InChI is InChI=1S/C9H15NO5.C3H8/c1-14-9(13)10-7(8(11)12)6-3-2-4-15-5-6;1-3-2/h6-7H,2-5H2,1H3,(H,10,13)(H,11,12);3H2,1-2H3. The number of alkyl carbamates (subject to hydrolysis) is 1. The highest BCUT2D eigenvalue weighted by Crippen LogP contribution is 2.17. The van der Waals surface area contributed by atoms with Crippen LogP contribution in [-0.4, -0.2) is 43.5 Å². The smallest absolute Gasteiger partial charge is 0.407 e. The molecule has 1 fully saturated rings. The summed E-state index contributed by atoms with van der Waals surface area (Å²) in [5.74, 6) is -1.24. The fourth-order valence-corrected chi connectivity index (χ4v) is 1.60. The molecule has 2 unspecified atom stereocenters. The zero-order chi connectivity index (χ0) is 14.0. The van der Waals surface area contributed by atoms with E-state index in [2.05, 4.69) is 23.9 Å². The summed E-state index contributed by atoms with van der Waals surface area (Å²) in [5.41, 5.74) is 0. The van der Waals surface area contributed by atoms with Crippen molar-refractivity contribution in [1.82, 2.24) is 5.32 Å². The molecule has 2 N–H and O–H groups in total. The molecule has 1 heterocycles. The first kappa shape index (κ1) is 16.7. The largest absolute Gasteiger partial charge is 0.480 e. The van der Waals surface area contributed by atoms with Crippen LogP contribution in [0.4, 0.5) is 4.79 Å². The molecule has 0 aromatic carbocycles. The molecule has 0 bridgehead atoms. The van der Waals surface area contributed by atoms with Crippen LogP contribution in [0.3, 0.4) is 0 Å². The fourth-order valence-electron chi connectivity index (χ4n) is 1.60. The second-order valence-corrected chi connectivity index (χ2v) is 4.14. The zero-order valence-electron chi connectivity index (χ0n) is 11.3. The quantitative estimate of drug-likeness (QED) is 0.806. The Morgan fingerprint density at radius 1 is 1.50 bits per heavy atom. The van der Waals surface area contributed by atoms with E-state index in [9.17, 15) is 9.59 Å². The predicted molar refractivity (Wildman–Crippen MR) is 66.5 cm³/mol. The highest BCUT2D eigenvalue weighted by atomic mass is 16.5. The van der Waals surface area contributed by atoms with Crippen LogP contribution >= 0.6 is 0 Å². The Labute approximate surface area is 108 Å². The SMILES string of the molecule is CCC.COC(=O)NC(C(=O)O)C1CCCOC1. The van der Waals surface area contributed by atoms with Crippen LogP contribution in [0.15, 0.2) is 0 Å². The van der Waals surface area contributed by atoms with Gasteiger partial charge in [0.1, 0.15) is 6.04 Å². The van der Waals surface area contributed by atoms with Gasteiger partial charge in [-0.15, -0.1) is 0 Å². The molecule has 0 aromatic rings. The second kappa shape index (κ2) is 9.70. The Kier molecular flexibility index (Phi) is 9.00. The van der Waals surface area contributed by atoms with E-state index >= 15 is 0 Å². The minimum absolute atomic E-state index is 0.185. The third-order valence-corrected chi connectivity index (χ3v) is 2.39. The van der Waals surface area contributed by atoms with Crippen LogP contribution in [0.1, 0.15) is 33.1 Å². The van der Waals surface area contributed by atoms with Gasteiger partial charge in [-0.25, -0.2) is 9.59 Å². The van der Waals surface area contributed by atoms with E-state index < -0.39 is 18.1 Å². The number of hydrogen-bond acceptors (Lipinski definition) is 4. The van der Waals surface area contributed by atoms with Crippen LogP contribution in [0.5, 0.6) is 0 Å². The molecule has 106 valence electrons. The van der Waals surface area contributed by atoms with E-state index in [1.54, 1.807) is 0 Å². The Morgan fingerprint density at radius 3 is 2.50 bits per heavy atom. The van der Waals surface area contributed by atoms with Crippen molar-refractivity contribution < 1.29 is 24.2 Å². The van der Waals surface area contributed by atoms with Crippen molar-refractivity contribution in [3.05, 3.63) is 0 Å². The van der Waals surface area contributed by atoms with Gasteiger partial charge < -0.3 is 19.9 Å². The molecule has 0 aromatic heterocycles. The minimum atomic E-state index is -1.06. The number of carbonyl (C=O) groups is 2. The van der Waals surface area contributed by atoms with Gasteiger partial charge in [0.2, 0.25) is 0 Å². The first-order valence-electron chi connectivity index (χ1n) is 6.21. The van der Waals surface area contributed by atoms with Crippen molar-refractivity contribution in [2.75, 3.05) is 20.3 Å². The lowest BCUT2D eigenvalue weighted by Crippen LogP contribution is -2.48. The summed E-state index contributed by atoms with van der Waals surface area (Å²) < 4.78 is 9.54. The van der Waals surface area contributed by atoms with Crippen LogP contribution < -0.4 is 5.32 Å². The maximum absolute atomic E-state index is 10.9. The van der Waals surface area contributed by atoms with Gasteiger partial charge >= 0.3 is 12.1 Å². The van der Waals surface area contributed by atoms with E-state index in [1.165, 1.54) is 13.5 Å². The van der Waals surface area contributed by atoms with Gasteiger partial charge in [-0.2, -0.15) is 0 Å². The van der Waals surface area contributed by atoms with Crippen molar-refractivity contribution in [3.8, 4) is 0 Å². The number of methoxy groups -OCH3 is 1. The highest BCUT2D eigenvalue weighted by Gasteiger charge is 2.31. The topological polar surface area (TPSA) is 84.9 Å². The summed E-state index contributed by atoms with van der Waals surface area (Å²) >= 11 is 0. The third-order valence-electron chi connectivity index (χ3n) is 2.39. The number of hydrogen-bond donors (Lipinski definition) is 2. The lowest BCUT2D eigenvalue weighted by Gasteiger charge is -2.27. The fraction of sp³-hybridized carbons (Fsp3) is 0.833. The van der Waals surface area contributed by atoms with Crippen molar-refractivity contribution in [3.63, 3.8) is 0 Å². The van der Waals surface area contributed by atoms with E-state index in [0.29, 0.717) is 13.2 Å². The summed E-state index contributed by atoms with van der Waals surface area (Å²) in [5, 5.41) is 11.2. The van der Waals surface area contributed by atoms with Crippen molar-refractivity contribution in [1.29, 1.82) is 0 Å². The van der Waals surface area contributed by atoms with Crippen molar-refractivity contribution >= 4 is 12.1 Å². The molecular formula is C12H23NO5. The van der Waals surface area contributed by atoms with Gasteiger partial charge in [0.05, 0.1) is 13.7 Å². The van der Waals surface area contributed by atoms with Crippen molar-refractivity contribution in [2.24, 2.45) is 5.92 Å². The predicted octanol–water partition coefficient (Wildman–Crippen LogP) is 1.64. The third kappa shape index (κ3) is 6.44. The summed E-state index contributed by atoms with van der Waals surface area (Å²) in [7, 11) is 1.20. The van der Waals surface area contributed by atoms with Crippen LogP contribution in [0.2, 0.25) is 0 Å². The Hall–Kier alpha value is -1.30. The summed E-state index contributed by atoms with van der Waals surface area (Å²) in [6.07, 6.45) is 2.08.